The van der Waals surface area contributed by atoms with Gasteiger partial charge in [0.05, 0.1) is 30.7 Å². The highest BCUT2D eigenvalue weighted by Crippen LogP contribution is 2.24. The van der Waals surface area contributed by atoms with Gasteiger partial charge in [0.25, 0.3) is 0 Å². The van der Waals surface area contributed by atoms with Gasteiger partial charge in [0.1, 0.15) is 15.4 Å². The Labute approximate surface area is 204 Å². The van der Waals surface area contributed by atoms with Gasteiger partial charge in [-0.25, -0.2) is 19.9 Å². The van der Waals surface area contributed by atoms with E-state index in [1.165, 1.54) is 0 Å². The number of nitrogens with one attached hydrogen (secondary N) is 1. The number of methoxy groups -OCH3 is 2. The molecule has 9 nitrogen and oxygen atoms in total. The van der Waals surface area contributed by atoms with Crippen molar-refractivity contribution in [2.45, 2.75) is 50.8 Å². The number of aromatic nitrogens is 4. The molecule has 0 unspecified atom stereocenters. The molecule has 0 atom stereocenters. The normalized spacial score (nSPS) is 18.6. The number of thiazole rings is 1. The average Bonchev–Trinajstić information content (AvgIpc) is 3.24. The zero-order valence-corrected chi connectivity index (χ0v) is 20.8. The zero-order valence-electron chi connectivity index (χ0n) is 19.9. The summed E-state index contributed by atoms with van der Waals surface area (Å²) in [7, 11) is 3.43. The Morgan fingerprint density at radius 3 is 2.50 bits per heavy atom. The molecule has 0 bridgehead atoms. The van der Waals surface area contributed by atoms with E-state index in [1.54, 1.807) is 31.8 Å². The summed E-state index contributed by atoms with van der Waals surface area (Å²) >= 11 is 1.60. The molecule has 1 fully saturated rings. The molecule has 34 heavy (non-hydrogen) atoms. The van der Waals surface area contributed by atoms with E-state index in [2.05, 4.69) is 21.3 Å². The van der Waals surface area contributed by atoms with E-state index >= 15 is 0 Å². The molecule has 2 N–H and O–H groups in total. The van der Waals surface area contributed by atoms with E-state index in [-0.39, 0.29) is 12.1 Å². The molecule has 0 aromatic carbocycles. The molecule has 0 spiro atoms. The van der Waals surface area contributed by atoms with Crippen LogP contribution in [0.15, 0.2) is 24.4 Å². The van der Waals surface area contributed by atoms with Crippen molar-refractivity contribution in [1.82, 2.24) is 24.8 Å². The van der Waals surface area contributed by atoms with Gasteiger partial charge in [-0.2, -0.15) is 0 Å². The summed E-state index contributed by atoms with van der Waals surface area (Å²) in [6.07, 6.45) is 5.69. The van der Waals surface area contributed by atoms with Crippen molar-refractivity contribution in [2.75, 3.05) is 45.8 Å². The summed E-state index contributed by atoms with van der Waals surface area (Å²) in [6, 6.07) is 6.24. The maximum atomic E-state index is 9.85. The molecule has 1 aliphatic carbocycles. The molecule has 184 valence electrons. The number of pyridine rings is 1. The Morgan fingerprint density at radius 1 is 1.06 bits per heavy atom. The summed E-state index contributed by atoms with van der Waals surface area (Å²) in [5, 5.41) is 14.4. The number of anilines is 1. The molecule has 3 heterocycles. The van der Waals surface area contributed by atoms with Crippen molar-refractivity contribution in [3.8, 4) is 0 Å². The molecule has 3 aromatic heterocycles. The largest absolute Gasteiger partial charge is 0.393 e. The molecular weight excluding hydrogens is 452 g/mol. The second-order valence-corrected chi connectivity index (χ2v) is 9.76. The predicted octanol–water partition coefficient (Wildman–Crippen LogP) is 2.88. The van der Waals surface area contributed by atoms with Gasteiger partial charge >= 0.3 is 0 Å². The van der Waals surface area contributed by atoms with E-state index in [0.29, 0.717) is 32.1 Å². The number of ether oxygens (including phenoxy) is 2. The summed E-state index contributed by atoms with van der Waals surface area (Å²) in [5.74, 6) is 0.645. The lowest BCUT2D eigenvalue weighted by Crippen LogP contribution is -2.31. The molecule has 0 amide bonds. The number of rotatable bonds is 12. The van der Waals surface area contributed by atoms with E-state index in [9.17, 15) is 5.11 Å². The Bertz CT molecular complexity index is 999. The molecule has 0 aliphatic heterocycles. The number of hydrogen-bond donors (Lipinski definition) is 2. The fourth-order valence-electron chi connectivity index (χ4n) is 4.18. The summed E-state index contributed by atoms with van der Waals surface area (Å²) < 4.78 is 10.6. The average molecular weight is 487 g/mol. The SMILES string of the molecule is COCCN(CCOC)Cc1cc(Cc2nc3cccnc3s2)nc(NC2CCC(O)CC2)n1. The minimum Gasteiger partial charge on any atom is -0.393 e. The highest BCUT2D eigenvalue weighted by molar-refractivity contribution is 7.18. The lowest BCUT2D eigenvalue weighted by atomic mass is 9.93. The fraction of sp³-hybridized carbons (Fsp3) is 0.583. The first-order chi connectivity index (χ1) is 16.6. The van der Waals surface area contributed by atoms with Crippen LogP contribution in [-0.2, 0) is 22.4 Å². The van der Waals surface area contributed by atoms with Crippen molar-refractivity contribution in [3.05, 3.63) is 40.8 Å². The number of aliphatic hydroxyl groups excluding tert-OH is 1. The highest BCUT2D eigenvalue weighted by atomic mass is 32.1. The number of nitrogens with zero attached hydrogens (tertiary/aromatic N) is 5. The topological polar surface area (TPSA) is 106 Å². The smallest absolute Gasteiger partial charge is 0.223 e. The Morgan fingerprint density at radius 2 is 1.79 bits per heavy atom. The molecule has 1 saturated carbocycles. The Kier molecular flexibility index (Phi) is 9.11. The fourth-order valence-corrected chi connectivity index (χ4v) is 5.10. The van der Waals surface area contributed by atoms with Crippen LogP contribution in [0.25, 0.3) is 10.3 Å². The van der Waals surface area contributed by atoms with E-state index in [1.807, 2.05) is 12.1 Å². The van der Waals surface area contributed by atoms with Gasteiger partial charge in [-0.1, -0.05) is 11.3 Å². The number of hydrogen-bond acceptors (Lipinski definition) is 10. The summed E-state index contributed by atoms with van der Waals surface area (Å²) in [6.45, 7) is 3.57. The standard InChI is InChI=1S/C24H34N6O3S/c1-32-12-10-30(11-13-33-2)16-19-14-18(15-22-29-21-4-3-9-25-23(21)34-22)27-24(28-19)26-17-5-7-20(31)8-6-17/h3-4,9,14,17,20,31H,5-8,10-13,15-16H2,1-2H3,(H,26,27,28). The summed E-state index contributed by atoms with van der Waals surface area (Å²) in [4.78, 5) is 22.1. The van der Waals surface area contributed by atoms with E-state index < -0.39 is 0 Å². The van der Waals surface area contributed by atoms with Crippen LogP contribution in [0.5, 0.6) is 0 Å². The highest BCUT2D eigenvalue weighted by Gasteiger charge is 2.21. The zero-order chi connectivity index (χ0) is 23.8. The van der Waals surface area contributed by atoms with Crippen molar-refractivity contribution in [2.24, 2.45) is 0 Å². The number of aliphatic hydroxyl groups is 1. The Balaban J connectivity index is 1.55. The van der Waals surface area contributed by atoms with Crippen LogP contribution in [0.3, 0.4) is 0 Å². The maximum absolute atomic E-state index is 9.85. The van der Waals surface area contributed by atoms with Crippen LogP contribution >= 0.6 is 11.3 Å². The molecule has 3 aromatic rings. The molecule has 1 aliphatic rings. The number of fused-ring (bicyclic) bond motifs is 1. The van der Waals surface area contributed by atoms with Crippen molar-refractivity contribution in [3.63, 3.8) is 0 Å². The first-order valence-corrected chi connectivity index (χ1v) is 12.7. The van der Waals surface area contributed by atoms with Crippen LogP contribution < -0.4 is 5.32 Å². The van der Waals surface area contributed by atoms with Gasteiger partial charge < -0.3 is 19.9 Å². The minimum absolute atomic E-state index is 0.191. The van der Waals surface area contributed by atoms with Gasteiger partial charge in [-0.15, -0.1) is 0 Å². The van der Waals surface area contributed by atoms with Crippen LogP contribution in [0.2, 0.25) is 0 Å². The van der Waals surface area contributed by atoms with Crippen molar-refractivity contribution >= 4 is 27.6 Å². The maximum Gasteiger partial charge on any atom is 0.223 e. The predicted molar refractivity (Wildman–Crippen MR) is 133 cm³/mol. The van der Waals surface area contributed by atoms with Crippen LogP contribution in [-0.4, -0.2) is 82.6 Å². The molecule has 0 radical (unpaired) electrons. The third kappa shape index (κ3) is 7.13. The third-order valence-corrected chi connectivity index (χ3v) is 6.99. The van der Waals surface area contributed by atoms with Gasteiger partial charge in [0, 0.05) is 52.5 Å². The van der Waals surface area contributed by atoms with E-state index in [0.717, 1.165) is 65.5 Å². The van der Waals surface area contributed by atoms with Gasteiger partial charge in [-0.3, -0.25) is 4.90 Å². The van der Waals surface area contributed by atoms with Gasteiger partial charge in [-0.05, 0) is 43.9 Å². The molecular formula is C24H34N6O3S. The van der Waals surface area contributed by atoms with Crippen LogP contribution in [0.4, 0.5) is 5.95 Å². The lowest BCUT2D eigenvalue weighted by Gasteiger charge is -2.26. The van der Waals surface area contributed by atoms with Crippen molar-refractivity contribution in [1.29, 1.82) is 0 Å². The summed E-state index contributed by atoms with van der Waals surface area (Å²) in [5.41, 5.74) is 2.80. The second kappa shape index (κ2) is 12.5. The van der Waals surface area contributed by atoms with E-state index in [4.69, 9.17) is 24.4 Å². The van der Waals surface area contributed by atoms with Gasteiger partial charge in [0.15, 0.2) is 0 Å². The van der Waals surface area contributed by atoms with Gasteiger partial charge in [0.2, 0.25) is 5.95 Å². The van der Waals surface area contributed by atoms with Crippen LogP contribution in [0, 0.1) is 0 Å². The van der Waals surface area contributed by atoms with Crippen LogP contribution in [0.1, 0.15) is 42.1 Å². The lowest BCUT2D eigenvalue weighted by molar-refractivity contribution is 0.109. The third-order valence-electron chi connectivity index (χ3n) is 6.01. The molecule has 4 rings (SSSR count). The van der Waals surface area contributed by atoms with Crippen molar-refractivity contribution < 1.29 is 14.6 Å². The second-order valence-electron chi connectivity index (χ2n) is 8.70. The minimum atomic E-state index is -0.191. The monoisotopic (exact) mass is 486 g/mol. The molecule has 0 saturated heterocycles. The quantitative estimate of drug-likeness (QED) is 0.400. The first kappa shape index (κ1) is 24.9. The molecule has 10 heteroatoms. The first-order valence-electron chi connectivity index (χ1n) is 11.8. The Hall–Kier alpha value is -2.24.